The molecule has 2 rings (SSSR count). The SMILES string of the molecule is CCNC(=O)NC(=O)C(c1ccccc1)N(C)Cc1nccn1CC(F)(F)F. The third-order valence-electron chi connectivity index (χ3n) is 3.92. The molecule has 1 atom stereocenters. The highest BCUT2D eigenvalue weighted by Crippen LogP contribution is 2.23. The van der Waals surface area contributed by atoms with E-state index in [9.17, 15) is 22.8 Å². The lowest BCUT2D eigenvalue weighted by molar-refractivity contribution is -0.141. The zero-order valence-corrected chi connectivity index (χ0v) is 15.5. The van der Waals surface area contributed by atoms with Gasteiger partial charge in [0.2, 0.25) is 5.91 Å². The lowest BCUT2D eigenvalue weighted by Crippen LogP contribution is -2.45. The normalized spacial score (nSPS) is 12.6. The Morgan fingerprint density at radius 2 is 1.93 bits per heavy atom. The first kappa shape index (κ1) is 21.4. The molecule has 0 fully saturated rings. The molecule has 152 valence electrons. The molecule has 0 bridgehead atoms. The molecule has 2 N–H and O–H groups in total. The molecule has 7 nitrogen and oxygen atoms in total. The van der Waals surface area contributed by atoms with Crippen LogP contribution >= 0.6 is 0 Å². The van der Waals surface area contributed by atoms with Crippen LogP contribution in [0.3, 0.4) is 0 Å². The van der Waals surface area contributed by atoms with Gasteiger partial charge < -0.3 is 9.88 Å². The van der Waals surface area contributed by atoms with E-state index in [4.69, 9.17) is 0 Å². The standard InChI is InChI=1S/C18H22F3N5O2/c1-3-22-17(28)24-16(27)15(13-7-5-4-6-8-13)25(2)11-14-23-9-10-26(14)12-18(19,20)21/h4-10,15H,3,11-12H2,1-2H3,(H2,22,24,27,28). The fourth-order valence-electron chi connectivity index (χ4n) is 2.77. The van der Waals surface area contributed by atoms with E-state index in [1.807, 2.05) is 0 Å². The molecular formula is C18H22F3N5O2. The first-order valence-corrected chi connectivity index (χ1v) is 8.62. The van der Waals surface area contributed by atoms with Gasteiger partial charge in [-0.1, -0.05) is 30.3 Å². The molecule has 28 heavy (non-hydrogen) atoms. The summed E-state index contributed by atoms with van der Waals surface area (Å²) in [6.45, 7) is 0.869. The number of carbonyl (C=O) groups is 2. The number of likely N-dealkylation sites (N-methyl/N-ethyl adjacent to an activating group) is 1. The number of benzene rings is 1. The smallest absolute Gasteiger partial charge is 0.338 e. The van der Waals surface area contributed by atoms with E-state index < -0.39 is 30.7 Å². The fourth-order valence-corrected chi connectivity index (χ4v) is 2.77. The van der Waals surface area contributed by atoms with Crippen LogP contribution in [0.25, 0.3) is 0 Å². The van der Waals surface area contributed by atoms with Crippen molar-refractivity contribution in [3.63, 3.8) is 0 Å². The van der Waals surface area contributed by atoms with E-state index in [0.717, 1.165) is 4.57 Å². The second-order valence-electron chi connectivity index (χ2n) is 6.16. The average molecular weight is 397 g/mol. The molecule has 1 heterocycles. The van der Waals surface area contributed by atoms with Crippen LogP contribution in [0.2, 0.25) is 0 Å². The monoisotopic (exact) mass is 397 g/mol. The van der Waals surface area contributed by atoms with Crippen molar-refractivity contribution >= 4 is 11.9 Å². The lowest BCUT2D eigenvalue weighted by atomic mass is 10.0. The quantitative estimate of drug-likeness (QED) is 0.752. The molecule has 1 unspecified atom stereocenters. The van der Waals surface area contributed by atoms with Crippen molar-refractivity contribution in [2.45, 2.75) is 32.2 Å². The Balaban J connectivity index is 2.23. The van der Waals surface area contributed by atoms with Crippen molar-refractivity contribution in [1.29, 1.82) is 0 Å². The highest BCUT2D eigenvalue weighted by molar-refractivity contribution is 5.97. The Kier molecular flexibility index (Phi) is 7.16. The highest BCUT2D eigenvalue weighted by atomic mass is 19.4. The summed E-state index contributed by atoms with van der Waals surface area (Å²) < 4.78 is 39.2. The Labute approximate surface area is 160 Å². The van der Waals surface area contributed by atoms with Crippen molar-refractivity contribution in [1.82, 2.24) is 25.1 Å². The molecule has 0 aliphatic heterocycles. The molecule has 10 heteroatoms. The Bertz CT molecular complexity index is 792. The van der Waals surface area contributed by atoms with Gasteiger partial charge >= 0.3 is 12.2 Å². The maximum atomic E-state index is 12.7. The summed E-state index contributed by atoms with van der Waals surface area (Å²) in [5.74, 6) is -0.430. The number of alkyl halides is 3. The van der Waals surface area contributed by atoms with E-state index in [1.54, 1.807) is 49.2 Å². The van der Waals surface area contributed by atoms with Crippen molar-refractivity contribution < 1.29 is 22.8 Å². The molecule has 3 amide bonds. The van der Waals surface area contributed by atoms with E-state index in [1.165, 1.54) is 12.4 Å². The summed E-state index contributed by atoms with van der Waals surface area (Å²) in [7, 11) is 1.58. The average Bonchev–Trinajstić information content (AvgIpc) is 3.01. The summed E-state index contributed by atoms with van der Waals surface area (Å²) in [5, 5.41) is 4.73. The van der Waals surface area contributed by atoms with Gasteiger partial charge in [-0.05, 0) is 19.5 Å². The largest absolute Gasteiger partial charge is 0.406 e. The minimum Gasteiger partial charge on any atom is -0.338 e. The van der Waals surface area contributed by atoms with E-state index in [2.05, 4.69) is 15.6 Å². The van der Waals surface area contributed by atoms with Crippen LogP contribution in [0.15, 0.2) is 42.7 Å². The zero-order valence-electron chi connectivity index (χ0n) is 15.5. The van der Waals surface area contributed by atoms with Crippen LogP contribution < -0.4 is 10.6 Å². The lowest BCUT2D eigenvalue weighted by Gasteiger charge is -2.27. The number of nitrogens with one attached hydrogen (secondary N) is 2. The second-order valence-corrected chi connectivity index (χ2v) is 6.16. The summed E-state index contributed by atoms with van der Waals surface area (Å²) in [6, 6.07) is 7.14. The summed E-state index contributed by atoms with van der Waals surface area (Å²) in [4.78, 5) is 29.9. The predicted octanol–water partition coefficient (Wildman–Crippen LogP) is 2.46. The van der Waals surface area contributed by atoms with Crippen molar-refractivity contribution in [2.75, 3.05) is 13.6 Å². The number of hydrogen-bond acceptors (Lipinski definition) is 4. The molecule has 2 aromatic rings. The fraction of sp³-hybridized carbons (Fsp3) is 0.389. The molecule has 0 radical (unpaired) electrons. The molecular weight excluding hydrogens is 375 g/mol. The minimum absolute atomic E-state index is 0.0224. The molecule has 0 saturated heterocycles. The second kappa shape index (κ2) is 9.36. The summed E-state index contributed by atoms with van der Waals surface area (Å²) >= 11 is 0. The number of carbonyl (C=O) groups excluding carboxylic acids is 2. The molecule has 1 aromatic heterocycles. The number of amides is 3. The maximum absolute atomic E-state index is 12.7. The number of nitrogens with zero attached hydrogens (tertiary/aromatic N) is 3. The third-order valence-corrected chi connectivity index (χ3v) is 3.92. The van der Waals surface area contributed by atoms with Gasteiger partial charge in [-0.25, -0.2) is 9.78 Å². The van der Waals surface area contributed by atoms with Crippen molar-refractivity contribution in [3.8, 4) is 0 Å². The van der Waals surface area contributed by atoms with Gasteiger partial charge in [0.15, 0.2) is 0 Å². The van der Waals surface area contributed by atoms with Crippen molar-refractivity contribution in [3.05, 3.63) is 54.1 Å². The van der Waals surface area contributed by atoms with E-state index in [-0.39, 0.29) is 12.4 Å². The number of halogens is 3. The number of rotatable bonds is 7. The maximum Gasteiger partial charge on any atom is 0.406 e. The van der Waals surface area contributed by atoms with E-state index >= 15 is 0 Å². The Morgan fingerprint density at radius 1 is 1.25 bits per heavy atom. The topological polar surface area (TPSA) is 79.3 Å². The van der Waals surface area contributed by atoms with Crippen molar-refractivity contribution in [2.24, 2.45) is 0 Å². The molecule has 0 spiro atoms. The van der Waals surface area contributed by atoms with Crippen LogP contribution in [0.5, 0.6) is 0 Å². The van der Waals surface area contributed by atoms with E-state index in [0.29, 0.717) is 12.1 Å². The zero-order chi connectivity index (χ0) is 20.7. The van der Waals surface area contributed by atoms with Gasteiger partial charge in [0.25, 0.3) is 0 Å². The van der Waals surface area contributed by atoms with Gasteiger partial charge in [0, 0.05) is 18.9 Å². The first-order chi connectivity index (χ1) is 13.2. The number of imidazole rings is 1. The third kappa shape index (κ3) is 6.08. The van der Waals surface area contributed by atoms with Crippen LogP contribution in [0.4, 0.5) is 18.0 Å². The number of aromatic nitrogens is 2. The summed E-state index contributed by atoms with van der Waals surface area (Å²) in [5.41, 5.74) is 0.598. The van der Waals surface area contributed by atoms with Gasteiger partial charge in [-0.2, -0.15) is 13.2 Å². The van der Waals surface area contributed by atoms with Crippen LogP contribution in [0.1, 0.15) is 24.4 Å². The van der Waals surface area contributed by atoms with Crippen LogP contribution in [0, 0.1) is 0 Å². The first-order valence-electron chi connectivity index (χ1n) is 8.62. The van der Waals surface area contributed by atoms with Gasteiger partial charge in [0.1, 0.15) is 18.4 Å². The van der Waals surface area contributed by atoms with Gasteiger partial charge in [-0.15, -0.1) is 0 Å². The number of imide groups is 1. The van der Waals surface area contributed by atoms with Gasteiger partial charge in [0.05, 0.1) is 6.54 Å². The van der Waals surface area contributed by atoms with Crippen LogP contribution in [-0.2, 0) is 17.9 Å². The number of hydrogen-bond donors (Lipinski definition) is 2. The molecule has 0 saturated carbocycles. The highest BCUT2D eigenvalue weighted by Gasteiger charge is 2.31. The Morgan fingerprint density at radius 3 is 2.54 bits per heavy atom. The van der Waals surface area contributed by atoms with Gasteiger partial charge in [-0.3, -0.25) is 15.0 Å². The molecule has 0 aliphatic rings. The predicted molar refractivity (Wildman–Crippen MR) is 96.1 cm³/mol. The Hall–Kier alpha value is -2.88. The van der Waals surface area contributed by atoms with Crippen LogP contribution in [-0.4, -0.2) is 46.2 Å². The molecule has 0 aliphatic carbocycles. The minimum atomic E-state index is -4.39. The summed E-state index contributed by atoms with van der Waals surface area (Å²) in [6.07, 6.45) is -1.87. The molecule has 1 aromatic carbocycles. The number of urea groups is 1.